The van der Waals surface area contributed by atoms with Gasteiger partial charge in [0.2, 0.25) is 17.1 Å². The quantitative estimate of drug-likeness (QED) is 0.292. The van der Waals surface area contributed by atoms with Crippen LogP contribution in [0.2, 0.25) is 0 Å². The van der Waals surface area contributed by atoms with Gasteiger partial charge in [-0.15, -0.1) is 10.1 Å². The SMILES string of the molecule is COc1cc2c(c(OC)c1OC)-c1ccc(NC(=O)c3ccc(CO[N+](=O)[O-])cc3)c(=O)cc1[C@@H](NC(C)=O)CC2. The van der Waals surface area contributed by atoms with Crippen molar-refractivity contribution in [3.8, 4) is 28.4 Å². The maximum atomic E-state index is 13.4. The Morgan fingerprint density at radius 1 is 1.00 bits per heavy atom. The van der Waals surface area contributed by atoms with E-state index in [0.717, 1.165) is 5.56 Å². The maximum Gasteiger partial charge on any atom is 0.294 e. The lowest BCUT2D eigenvalue weighted by atomic mass is 9.95. The predicted molar refractivity (Wildman–Crippen MR) is 149 cm³/mol. The highest BCUT2D eigenvalue weighted by molar-refractivity contribution is 6.04. The molecule has 0 fully saturated rings. The van der Waals surface area contributed by atoms with Crippen molar-refractivity contribution in [1.29, 1.82) is 0 Å². The van der Waals surface area contributed by atoms with Crippen molar-refractivity contribution in [3.05, 3.63) is 91.1 Å². The monoisotopic (exact) mass is 563 g/mol. The molecule has 0 bridgehead atoms. The van der Waals surface area contributed by atoms with Crippen LogP contribution in [0.25, 0.3) is 11.1 Å². The highest BCUT2D eigenvalue weighted by Gasteiger charge is 2.29. The van der Waals surface area contributed by atoms with Crippen LogP contribution in [0.1, 0.15) is 46.4 Å². The van der Waals surface area contributed by atoms with Gasteiger partial charge in [-0.25, -0.2) is 0 Å². The topological polar surface area (TPSA) is 155 Å². The molecule has 12 nitrogen and oxygen atoms in total. The van der Waals surface area contributed by atoms with E-state index in [2.05, 4.69) is 15.5 Å². The zero-order chi connectivity index (χ0) is 29.7. The van der Waals surface area contributed by atoms with Gasteiger partial charge in [-0.3, -0.25) is 14.4 Å². The number of anilines is 1. The van der Waals surface area contributed by atoms with E-state index in [1.807, 2.05) is 6.07 Å². The summed E-state index contributed by atoms with van der Waals surface area (Å²) in [7, 11) is 4.54. The highest BCUT2D eigenvalue weighted by atomic mass is 16.9. The van der Waals surface area contributed by atoms with E-state index in [4.69, 9.17) is 14.2 Å². The lowest BCUT2D eigenvalue weighted by Gasteiger charge is -2.19. The number of carbonyl (C=O) groups is 2. The minimum Gasteiger partial charge on any atom is -0.493 e. The standard InChI is InChI=1S/C29H29N3O9/c1-16(33)30-22-11-9-19-13-25(38-2)27(39-3)28(40-4)26(19)20-10-12-23(24(34)14-21(20)22)31-29(35)18-7-5-17(6-8-18)15-41-32(36)37/h5-8,10,12-14,22H,9,11,15H2,1-4H3,(H,30,33)(H,31,34,35)/t22-/m0/s1. The number of carbonyl (C=O) groups excluding carboxylic acids is 2. The van der Waals surface area contributed by atoms with Gasteiger partial charge in [0, 0.05) is 18.1 Å². The van der Waals surface area contributed by atoms with E-state index < -0.39 is 22.5 Å². The molecule has 1 atom stereocenters. The van der Waals surface area contributed by atoms with Gasteiger partial charge in [0.05, 0.1) is 33.1 Å². The average Bonchev–Trinajstić information content (AvgIpc) is 3.19. The molecule has 41 heavy (non-hydrogen) atoms. The molecule has 0 spiro atoms. The van der Waals surface area contributed by atoms with Crippen LogP contribution < -0.4 is 30.3 Å². The van der Waals surface area contributed by atoms with Gasteiger partial charge in [0.15, 0.2) is 11.5 Å². The molecular formula is C29H29N3O9. The van der Waals surface area contributed by atoms with Gasteiger partial charge in [-0.05, 0) is 65.4 Å². The van der Waals surface area contributed by atoms with Gasteiger partial charge in [0.25, 0.3) is 11.0 Å². The Morgan fingerprint density at radius 2 is 1.71 bits per heavy atom. The molecule has 0 saturated heterocycles. The summed E-state index contributed by atoms with van der Waals surface area (Å²) in [5, 5.41) is 15.1. The van der Waals surface area contributed by atoms with Crippen LogP contribution in [0.3, 0.4) is 0 Å². The summed E-state index contributed by atoms with van der Waals surface area (Å²) in [5.41, 5.74) is 3.04. The first-order chi connectivity index (χ1) is 19.7. The predicted octanol–water partition coefficient (Wildman–Crippen LogP) is 3.82. The molecule has 0 heterocycles. The van der Waals surface area contributed by atoms with E-state index in [-0.39, 0.29) is 23.8 Å². The number of aryl methyl sites for hydroxylation is 1. The summed E-state index contributed by atoms with van der Waals surface area (Å²) in [4.78, 5) is 53.3. The molecule has 214 valence electrons. The first kappa shape index (κ1) is 28.9. The Bertz CT molecular complexity index is 1550. The molecule has 0 unspecified atom stereocenters. The van der Waals surface area contributed by atoms with Crippen molar-refractivity contribution in [1.82, 2.24) is 5.32 Å². The van der Waals surface area contributed by atoms with Gasteiger partial charge in [-0.2, -0.15) is 0 Å². The number of hydrogen-bond donors (Lipinski definition) is 2. The number of rotatable bonds is 9. The molecule has 3 aromatic rings. The number of benzene rings is 2. The molecule has 4 rings (SSSR count). The first-order valence-corrected chi connectivity index (χ1v) is 12.6. The Hall–Kier alpha value is -5.13. The molecule has 3 aromatic carbocycles. The van der Waals surface area contributed by atoms with Crippen LogP contribution >= 0.6 is 0 Å². The first-order valence-electron chi connectivity index (χ1n) is 12.6. The van der Waals surface area contributed by atoms with Crippen LogP contribution in [0.4, 0.5) is 5.69 Å². The second-order valence-corrected chi connectivity index (χ2v) is 9.24. The van der Waals surface area contributed by atoms with Gasteiger partial charge >= 0.3 is 0 Å². The van der Waals surface area contributed by atoms with E-state index in [9.17, 15) is 24.5 Å². The number of nitrogens with one attached hydrogen (secondary N) is 2. The minimum atomic E-state index is -0.898. The molecule has 2 amide bonds. The fraction of sp³-hybridized carbons (Fsp3) is 0.276. The molecular weight excluding hydrogens is 534 g/mol. The fourth-order valence-electron chi connectivity index (χ4n) is 4.89. The molecule has 12 heteroatoms. The number of amides is 2. The summed E-state index contributed by atoms with van der Waals surface area (Å²) in [6.07, 6.45) is 1.05. The van der Waals surface area contributed by atoms with Crippen LogP contribution in [-0.4, -0.2) is 38.2 Å². The number of nitrogens with zero attached hydrogens (tertiary/aromatic N) is 1. The third-order valence-corrected chi connectivity index (χ3v) is 6.72. The number of hydrogen-bond acceptors (Lipinski definition) is 9. The Morgan fingerprint density at radius 3 is 2.32 bits per heavy atom. The van der Waals surface area contributed by atoms with Crippen LogP contribution in [0, 0.1) is 10.1 Å². The van der Waals surface area contributed by atoms with Crippen LogP contribution in [0.15, 0.2) is 53.3 Å². The largest absolute Gasteiger partial charge is 0.493 e. The number of fused-ring (bicyclic) bond motifs is 3. The maximum absolute atomic E-state index is 13.4. The summed E-state index contributed by atoms with van der Waals surface area (Å²) < 4.78 is 16.9. The van der Waals surface area contributed by atoms with Crippen molar-refractivity contribution < 1.29 is 33.7 Å². The minimum absolute atomic E-state index is 0.0198. The third kappa shape index (κ3) is 6.21. The van der Waals surface area contributed by atoms with E-state index in [1.165, 1.54) is 64.7 Å². The highest BCUT2D eigenvalue weighted by Crippen LogP contribution is 2.50. The summed E-state index contributed by atoms with van der Waals surface area (Å²) in [5.74, 6) is 0.474. The smallest absolute Gasteiger partial charge is 0.294 e. The van der Waals surface area contributed by atoms with E-state index in [0.29, 0.717) is 52.3 Å². The van der Waals surface area contributed by atoms with Gasteiger partial charge < -0.3 is 29.7 Å². The molecule has 0 radical (unpaired) electrons. The van der Waals surface area contributed by atoms with E-state index >= 15 is 0 Å². The van der Waals surface area contributed by atoms with Crippen molar-refractivity contribution >= 4 is 17.5 Å². The van der Waals surface area contributed by atoms with Crippen molar-refractivity contribution in [3.63, 3.8) is 0 Å². The lowest BCUT2D eigenvalue weighted by molar-refractivity contribution is -0.763. The zero-order valence-corrected chi connectivity index (χ0v) is 22.9. The number of methoxy groups -OCH3 is 3. The Kier molecular flexibility index (Phi) is 8.71. The molecule has 0 aliphatic heterocycles. The molecule has 0 aromatic heterocycles. The second-order valence-electron chi connectivity index (χ2n) is 9.24. The van der Waals surface area contributed by atoms with Crippen LogP contribution in [0.5, 0.6) is 17.2 Å². The molecule has 2 N–H and O–H groups in total. The van der Waals surface area contributed by atoms with Crippen molar-refractivity contribution in [2.75, 3.05) is 26.6 Å². The molecule has 1 aliphatic carbocycles. The lowest BCUT2D eigenvalue weighted by Crippen LogP contribution is -2.26. The molecule has 0 saturated carbocycles. The summed E-state index contributed by atoms with van der Waals surface area (Å²) >= 11 is 0. The molecule has 1 aliphatic rings. The normalized spacial score (nSPS) is 13.5. The van der Waals surface area contributed by atoms with Crippen molar-refractivity contribution in [2.45, 2.75) is 32.4 Å². The second kappa shape index (κ2) is 12.4. The summed E-state index contributed by atoms with van der Waals surface area (Å²) in [6.45, 7) is 1.16. The number of ether oxygens (including phenoxy) is 3. The van der Waals surface area contributed by atoms with E-state index in [1.54, 1.807) is 6.07 Å². The average molecular weight is 564 g/mol. The van der Waals surface area contributed by atoms with Crippen molar-refractivity contribution in [2.24, 2.45) is 0 Å². The zero-order valence-electron chi connectivity index (χ0n) is 22.9. The fourth-order valence-corrected chi connectivity index (χ4v) is 4.89. The van der Waals surface area contributed by atoms with Gasteiger partial charge in [-0.1, -0.05) is 18.2 Å². The van der Waals surface area contributed by atoms with Crippen LogP contribution in [-0.2, 0) is 22.7 Å². The third-order valence-electron chi connectivity index (χ3n) is 6.72. The Labute approximate surface area is 235 Å². The van der Waals surface area contributed by atoms with Gasteiger partial charge in [0.1, 0.15) is 6.61 Å². The Balaban J connectivity index is 1.80. The summed E-state index contributed by atoms with van der Waals surface area (Å²) in [6, 6.07) is 12.0.